The fourth-order valence-corrected chi connectivity index (χ4v) is 3.73. The standard InChI is InChI=1S/C25H48N2O4/c1-26-23(28)20-18-22-27-24(29)19-16-14-12-10-8-6-4-2-3-5-7-9-11-13-15-17-21-25(30)31/h2-22H2,1H3,(H,26,28)(H,27,29)(H,30,31). The van der Waals surface area contributed by atoms with Gasteiger partial charge in [0.15, 0.2) is 0 Å². The van der Waals surface area contributed by atoms with Crippen LogP contribution in [0.3, 0.4) is 0 Å². The minimum Gasteiger partial charge on any atom is -0.481 e. The van der Waals surface area contributed by atoms with Crippen molar-refractivity contribution >= 4 is 17.8 Å². The lowest BCUT2D eigenvalue weighted by molar-refractivity contribution is -0.137. The maximum Gasteiger partial charge on any atom is 0.303 e. The molecule has 0 atom stereocenters. The molecule has 0 bridgehead atoms. The van der Waals surface area contributed by atoms with Gasteiger partial charge in [0, 0.05) is 32.9 Å². The normalized spacial score (nSPS) is 10.7. The van der Waals surface area contributed by atoms with E-state index in [1.165, 1.54) is 77.0 Å². The van der Waals surface area contributed by atoms with Crippen LogP contribution in [0.2, 0.25) is 0 Å². The van der Waals surface area contributed by atoms with E-state index in [0.717, 1.165) is 25.7 Å². The molecule has 0 fully saturated rings. The number of nitrogens with one attached hydrogen (secondary N) is 2. The van der Waals surface area contributed by atoms with E-state index < -0.39 is 5.97 Å². The molecule has 0 unspecified atom stereocenters. The number of carbonyl (C=O) groups is 3. The highest BCUT2D eigenvalue weighted by molar-refractivity contribution is 5.76. The number of carboxylic acids is 1. The van der Waals surface area contributed by atoms with Crippen LogP contribution in [0.5, 0.6) is 0 Å². The third kappa shape index (κ3) is 24.6. The van der Waals surface area contributed by atoms with Crippen LogP contribution in [0.25, 0.3) is 0 Å². The van der Waals surface area contributed by atoms with Gasteiger partial charge in [0.2, 0.25) is 11.8 Å². The summed E-state index contributed by atoms with van der Waals surface area (Å²) < 4.78 is 0. The van der Waals surface area contributed by atoms with Crippen molar-refractivity contribution in [2.45, 2.75) is 128 Å². The van der Waals surface area contributed by atoms with E-state index in [1.807, 2.05) is 0 Å². The Labute approximate surface area is 190 Å². The van der Waals surface area contributed by atoms with Crippen molar-refractivity contribution in [3.63, 3.8) is 0 Å². The molecule has 0 spiro atoms. The maximum atomic E-state index is 11.7. The van der Waals surface area contributed by atoms with Crippen molar-refractivity contribution in [1.29, 1.82) is 0 Å². The summed E-state index contributed by atoms with van der Waals surface area (Å²) in [7, 11) is 1.63. The Morgan fingerprint density at radius 1 is 0.516 bits per heavy atom. The molecule has 0 saturated carbocycles. The summed E-state index contributed by atoms with van der Waals surface area (Å²) in [6.45, 7) is 0.584. The smallest absolute Gasteiger partial charge is 0.303 e. The van der Waals surface area contributed by atoms with Crippen LogP contribution in [-0.2, 0) is 14.4 Å². The molecule has 2 amide bonds. The molecule has 0 aromatic carbocycles. The molecule has 0 aromatic heterocycles. The van der Waals surface area contributed by atoms with Gasteiger partial charge in [-0.2, -0.15) is 0 Å². The fraction of sp³-hybridized carbons (Fsp3) is 0.880. The number of unbranched alkanes of at least 4 members (excludes halogenated alkanes) is 15. The van der Waals surface area contributed by atoms with E-state index >= 15 is 0 Å². The first-order valence-electron chi connectivity index (χ1n) is 12.8. The predicted octanol–water partition coefficient (Wildman–Crippen LogP) is 5.74. The first kappa shape index (κ1) is 29.4. The second kappa shape index (κ2) is 23.1. The zero-order valence-electron chi connectivity index (χ0n) is 20.0. The molecule has 3 N–H and O–H groups in total. The molecule has 0 heterocycles. The van der Waals surface area contributed by atoms with Crippen molar-refractivity contribution < 1.29 is 19.5 Å². The second-order valence-corrected chi connectivity index (χ2v) is 8.68. The molecule has 0 saturated heterocycles. The van der Waals surface area contributed by atoms with Crippen molar-refractivity contribution in [2.24, 2.45) is 0 Å². The highest BCUT2D eigenvalue weighted by Gasteiger charge is 2.02. The summed E-state index contributed by atoms with van der Waals surface area (Å²) in [6.07, 6.45) is 21.6. The molecule has 0 aromatic rings. The zero-order valence-corrected chi connectivity index (χ0v) is 20.0. The lowest BCUT2D eigenvalue weighted by Gasteiger charge is -2.05. The Morgan fingerprint density at radius 3 is 1.26 bits per heavy atom. The van der Waals surface area contributed by atoms with Crippen molar-refractivity contribution in [3.8, 4) is 0 Å². The fourth-order valence-electron chi connectivity index (χ4n) is 3.73. The Balaban J connectivity index is 3.16. The van der Waals surface area contributed by atoms with Gasteiger partial charge in [-0.3, -0.25) is 14.4 Å². The molecule has 0 aliphatic carbocycles. The minimum absolute atomic E-state index is 0.0209. The second-order valence-electron chi connectivity index (χ2n) is 8.68. The summed E-state index contributed by atoms with van der Waals surface area (Å²) in [6, 6.07) is 0. The molecular weight excluding hydrogens is 392 g/mol. The van der Waals surface area contributed by atoms with E-state index in [-0.39, 0.29) is 11.8 Å². The predicted molar refractivity (Wildman–Crippen MR) is 127 cm³/mol. The van der Waals surface area contributed by atoms with Crippen molar-refractivity contribution in [2.75, 3.05) is 13.6 Å². The third-order valence-electron chi connectivity index (χ3n) is 5.73. The largest absolute Gasteiger partial charge is 0.481 e. The summed E-state index contributed by atoms with van der Waals surface area (Å²) in [5.74, 6) is -0.546. The van der Waals surface area contributed by atoms with E-state index in [0.29, 0.717) is 32.2 Å². The third-order valence-corrected chi connectivity index (χ3v) is 5.73. The molecule has 0 radical (unpaired) electrons. The topological polar surface area (TPSA) is 95.5 Å². The average Bonchev–Trinajstić information content (AvgIpc) is 2.75. The molecule has 0 rings (SSSR count). The van der Waals surface area contributed by atoms with Gasteiger partial charge < -0.3 is 15.7 Å². The van der Waals surface area contributed by atoms with Crippen LogP contribution in [0.15, 0.2) is 0 Å². The molecule has 0 aliphatic heterocycles. The maximum absolute atomic E-state index is 11.7. The van der Waals surface area contributed by atoms with Gasteiger partial charge in [0.05, 0.1) is 0 Å². The lowest BCUT2D eigenvalue weighted by Crippen LogP contribution is -2.26. The van der Waals surface area contributed by atoms with Gasteiger partial charge in [0.1, 0.15) is 0 Å². The first-order chi connectivity index (χ1) is 15.1. The summed E-state index contributed by atoms with van der Waals surface area (Å²) in [5, 5.41) is 14.0. The van der Waals surface area contributed by atoms with Gasteiger partial charge in [-0.15, -0.1) is 0 Å². The average molecular weight is 441 g/mol. The minimum atomic E-state index is -0.674. The summed E-state index contributed by atoms with van der Waals surface area (Å²) in [5.41, 5.74) is 0. The number of carbonyl (C=O) groups excluding carboxylic acids is 2. The van der Waals surface area contributed by atoms with Gasteiger partial charge in [0.25, 0.3) is 0 Å². The lowest BCUT2D eigenvalue weighted by atomic mass is 10.0. The van der Waals surface area contributed by atoms with Gasteiger partial charge in [-0.05, 0) is 19.3 Å². The molecule has 31 heavy (non-hydrogen) atoms. The summed E-state index contributed by atoms with van der Waals surface area (Å²) in [4.78, 5) is 33.2. The molecule has 182 valence electrons. The van der Waals surface area contributed by atoms with Gasteiger partial charge in [-0.1, -0.05) is 89.9 Å². The van der Waals surface area contributed by atoms with Gasteiger partial charge in [-0.25, -0.2) is 0 Å². The number of amides is 2. The van der Waals surface area contributed by atoms with E-state index in [2.05, 4.69) is 10.6 Å². The van der Waals surface area contributed by atoms with E-state index in [4.69, 9.17) is 5.11 Å². The highest BCUT2D eigenvalue weighted by atomic mass is 16.4. The Hall–Kier alpha value is -1.59. The van der Waals surface area contributed by atoms with Crippen molar-refractivity contribution in [3.05, 3.63) is 0 Å². The Morgan fingerprint density at radius 2 is 0.871 bits per heavy atom. The SMILES string of the molecule is CNC(=O)CCCNC(=O)CCCCCCCCCCCCCCCCCCC(=O)O. The zero-order chi connectivity index (χ0) is 23.0. The van der Waals surface area contributed by atoms with Crippen LogP contribution in [0.1, 0.15) is 128 Å². The van der Waals surface area contributed by atoms with E-state index in [1.54, 1.807) is 7.05 Å². The Kier molecular flexibility index (Phi) is 21.9. The number of hydrogen-bond acceptors (Lipinski definition) is 3. The number of aliphatic carboxylic acids is 1. The monoisotopic (exact) mass is 440 g/mol. The van der Waals surface area contributed by atoms with Crippen LogP contribution in [0.4, 0.5) is 0 Å². The highest BCUT2D eigenvalue weighted by Crippen LogP contribution is 2.14. The quantitative estimate of drug-likeness (QED) is 0.177. The van der Waals surface area contributed by atoms with Crippen LogP contribution in [0, 0.1) is 0 Å². The Bertz CT molecular complexity index is 455. The molecule has 6 nitrogen and oxygen atoms in total. The van der Waals surface area contributed by atoms with E-state index in [9.17, 15) is 14.4 Å². The van der Waals surface area contributed by atoms with Crippen LogP contribution in [-0.4, -0.2) is 36.5 Å². The van der Waals surface area contributed by atoms with Crippen molar-refractivity contribution in [1.82, 2.24) is 10.6 Å². The number of rotatable bonds is 23. The molecule has 6 heteroatoms. The molecular formula is C25H48N2O4. The first-order valence-corrected chi connectivity index (χ1v) is 12.8. The van der Waals surface area contributed by atoms with Gasteiger partial charge >= 0.3 is 5.97 Å². The summed E-state index contributed by atoms with van der Waals surface area (Å²) >= 11 is 0. The number of hydrogen-bond donors (Lipinski definition) is 3. The number of carboxylic acid groups (broad SMARTS) is 1. The molecule has 0 aliphatic rings. The van der Waals surface area contributed by atoms with Crippen LogP contribution < -0.4 is 10.6 Å². The van der Waals surface area contributed by atoms with Crippen LogP contribution >= 0.6 is 0 Å².